The van der Waals surface area contributed by atoms with Crippen LogP contribution in [0.5, 0.6) is 0 Å². The second-order valence-corrected chi connectivity index (χ2v) is 5.48. The average molecular weight is 275 g/mol. The molecule has 0 bridgehead atoms. The number of nitrogens with zero attached hydrogens (tertiary/aromatic N) is 1. The third-order valence-corrected chi connectivity index (χ3v) is 4.41. The van der Waals surface area contributed by atoms with Crippen LogP contribution >= 0.6 is 22.9 Å². The van der Waals surface area contributed by atoms with Gasteiger partial charge in [-0.05, 0) is 29.3 Å². The maximum Gasteiger partial charge on any atom is 0.124 e. The second-order valence-electron chi connectivity index (χ2n) is 4.19. The quantitative estimate of drug-likeness (QED) is 0.709. The SMILES string of the molecule is Cc1csc2c(-c3cc(N)ncc3Cl)cccc12. The Kier molecular flexibility index (Phi) is 2.73. The fourth-order valence-electron chi connectivity index (χ4n) is 2.06. The zero-order valence-corrected chi connectivity index (χ0v) is 11.3. The molecule has 0 saturated carbocycles. The Morgan fingerprint density at radius 3 is 2.94 bits per heavy atom. The van der Waals surface area contributed by atoms with E-state index in [1.54, 1.807) is 17.5 Å². The second kappa shape index (κ2) is 4.26. The fraction of sp³-hybridized carbons (Fsp3) is 0.0714. The van der Waals surface area contributed by atoms with Crippen molar-refractivity contribution in [2.24, 2.45) is 0 Å². The summed E-state index contributed by atoms with van der Waals surface area (Å²) in [5.74, 6) is 0.486. The Morgan fingerprint density at radius 1 is 1.28 bits per heavy atom. The first-order valence-corrected chi connectivity index (χ1v) is 6.81. The van der Waals surface area contributed by atoms with Gasteiger partial charge in [0.2, 0.25) is 0 Å². The summed E-state index contributed by atoms with van der Waals surface area (Å²) in [6.45, 7) is 2.12. The van der Waals surface area contributed by atoms with E-state index < -0.39 is 0 Å². The van der Waals surface area contributed by atoms with Gasteiger partial charge in [-0.25, -0.2) is 4.98 Å². The van der Waals surface area contributed by atoms with Crippen LogP contribution in [0.25, 0.3) is 21.2 Å². The minimum atomic E-state index is 0.486. The first-order chi connectivity index (χ1) is 8.66. The number of halogens is 1. The van der Waals surface area contributed by atoms with Crippen molar-refractivity contribution in [3.05, 3.63) is 46.4 Å². The summed E-state index contributed by atoms with van der Waals surface area (Å²) in [6, 6.07) is 8.07. The minimum Gasteiger partial charge on any atom is -0.384 e. The van der Waals surface area contributed by atoms with Crippen molar-refractivity contribution in [2.45, 2.75) is 6.92 Å². The number of hydrogen-bond acceptors (Lipinski definition) is 3. The number of nitrogen functional groups attached to an aromatic ring is 1. The van der Waals surface area contributed by atoms with Crippen molar-refractivity contribution >= 4 is 38.8 Å². The van der Waals surface area contributed by atoms with E-state index in [0.717, 1.165) is 11.1 Å². The number of benzene rings is 1. The molecule has 18 heavy (non-hydrogen) atoms. The average Bonchev–Trinajstić information content (AvgIpc) is 2.75. The van der Waals surface area contributed by atoms with Crippen molar-refractivity contribution in [1.82, 2.24) is 4.98 Å². The molecule has 0 aliphatic rings. The molecule has 0 radical (unpaired) electrons. The van der Waals surface area contributed by atoms with Crippen molar-refractivity contribution in [3.8, 4) is 11.1 Å². The fourth-order valence-corrected chi connectivity index (χ4v) is 3.35. The number of rotatable bonds is 1. The van der Waals surface area contributed by atoms with Crippen LogP contribution < -0.4 is 5.73 Å². The van der Waals surface area contributed by atoms with Crippen LogP contribution in [0.15, 0.2) is 35.8 Å². The zero-order valence-electron chi connectivity index (χ0n) is 9.77. The lowest BCUT2D eigenvalue weighted by Crippen LogP contribution is -1.91. The van der Waals surface area contributed by atoms with Crippen LogP contribution in [0, 0.1) is 6.92 Å². The van der Waals surface area contributed by atoms with Crippen LogP contribution in [-0.4, -0.2) is 4.98 Å². The van der Waals surface area contributed by atoms with Gasteiger partial charge >= 0.3 is 0 Å². The molecule has 1 aromatic carbocycles. The Bertz CT molecular complexity index is 734. The molecular formula is C14H11ClN2S. The highest BCUT2D eigenvalue weighted by Gasteiger charge is 2.10. The van der Waals surface area contributed by atoms with Gasteiger partial charge in [0.15, 0.2) is 0 Å². The van der Waals surface area contributed by atoms with E-state index in [0.29, 0.717) is 10.8 Å². The van der Waals surface area contributed by atoms with Crippen molar-refractivity contribution in [3.63, 3.8) is 0 Å². The molecule has 0 spiro atoms. The highest BCUT2D eigenvalue weighted by molar-refractivity contribution is 7.18. The lowest BCUT2D eigenvalue weighted by Gasteiger charge is -2.06. The number of aromatic nitrogens is 1. The first kappa shape index (κ1) is 11.5. The molecule has 0 fully saturated rings. The zero-order chi connectivity index (χ0) is 12.7. The summed E-state index contributed by atoms with van der Waals surface area (Å²) in [5.41, 5.74) is 9.09. The predicted molar refractivity (Wildman–Crippen MR) is 79.2 cm³/mol. The topological polar surface area (TPSA) is 38.9 Å². The van der Waals surface area contributed by atoms with Gasteiger partial charge in [0.1, 0.15) is 5.82 Å². The summed E-state index contributed by atoms with van der Waals surface area (Å²) < 4.78 is 1.24. The number of hydrogen-bond donors (Lipinski definition) is 1. The molecule has 0 atom stereocenters. The van der Waals surface area contributed by atoms with Crippen LogP contribution in [0.1, 0.15) is 5.56 Å². The number of fused-ring (bicyclic) bond motifs is 1. The summed E-state index contributed by atoms with van der Waals surface area (Å²) >= 11 is 7.95. The molecule has 2 aromatic heterocycles. The molecule has 4 heteroatoms. The third kappa shape index (κ3) is 1.76. The van der Waals surface area contributed by atoms with Crippen LogP contribution in [0.4, 0.5) is 5.82 Å². The van der Waals surface area contributed by atoms with Crippen molar-refractivity contribution in [1.29, 1.82) is 0 Å². The normalized spacial score (nSPS) is 11.0. The van der Waals surface area contributed by atoms with Crippen molar-refractivity contribution in [2.75, 3.05) is 5.73 Å². The van der Waals surface area contributed by atoms with E-state index in [9.17, 15) is 0 Å². The molecule has 0 amide bonds. The van der Waals surface area contributed by atoms with E-state index in [-0.39, 0.29) is 0 Å². The van der Waals surface area contributed by atoms with Crippen LogP contribution in [-0.2, 0) is 0 Å². The van der Waals surface area contributed by atoms with E-state index in [2.05, 4.69) is 29.4 Å². The summed E-state index contributed by atoms with van der Waals surface area (Å²) in [4.78, 5) is 4.00. The van der Waals surface area contributed by atoms with Gasteiger partial charge in [0, 0.05) is 22.0 Å². The van der Waals surface area contributed by atoms with Gasteiger partial charge in [-0.1, -0.05) is 29.8 Å². The molecule has 90 valence electrons. The maximum absolute atomic E-state index is 6.22. The van der Waals surface area contributed by atoms with Gasteiger partial charge in [0.25, 0.3) is 0 Å². The molecule has 0 saturated heterocycles. The smallest absolute Gasteiger partial charge is 0.124 e. The van der Waals surface area contributed by atoms with Crippen molar-refractivity contribution < 1.29 is 0 Å². The van der Waals surface area contributed by atoms with Crippen LogP contribution in [0.2, 0.25) is 5.02 Å². The molecule has 2 N–H and O–H groups in total. The summed E-state index contributed by atoms with van der Waals surface area (Å²) in [6.07, 6.45) is 1.60. The molecule has 0 unspecified atom stereocenters. The first-order valence-electron chi connectivity index (χ1n) is 5.55. The molecular weight excluding hydrogens is 264 g/mol. The number of thiophene rings is 1. The molecule has 3 aromatic rings. The predicted octanol–water partition coefficient (Wildman–Crippen LogP) is 4.51. The lowest BCUT2D eigenvalue weighted by molar-refractivity contribution is 1.34. The van der Waals surface area contributed by atoms with Gasteiger partial charge in [0.05, 0.1) is 5.02 Å². The Labute approximate surface area is 114 Å². The Hall–Kier alpha value is -1.58. The van der Waals surface area contributed by atoms with E-state index >= 15 is 0 Å². The number of pyridine rings is 1. The number of nitrogens with two attached hydrogens (primary N) is 1. The molecule has 3 rings (SSSR count). The highest BCUT2D eigenvalue weighted by Crippen LogP contribution is 2.37. The van der Waals surface area contributed by atoms with Crippen LogP contribution in [0.3, 0.4) is 0 Å². The molecule has 2 nitrogen and oxygen atoms in total. The van der Waals surface area contributed by atoms with Gasteiger partial charge in [-0.3, -0.25) is 0 Å². The minimum absolute atomic E-state index is 0.486. The lowest BCUT2D eigenvalue weighted by atomic mass is 10.0. The number of aryl methyl sites for hydroxylation is 1. The monoisotopic (exact) mass is 274 g/mol. The van der Waals surface area contributed by atoms with E-state index in [1.807, 2.05) is 12.1 Å². The molecule has 2 heterocycles. The standard InChI is InChI=1S/C14H11ClN2S/c1-8-7-18-14-9(8)3-2-4-10(14)11-5-13(16)17-6-12(11)15/h2-7H,1H3,(H2,16,17). The van der Waals surface area contributed by atoms with Gasteiger partial charge in [-0.2, -0.15) is 0 Å². The maximum atomic E-state index is 6.22. The van der Waals surface area contributed by atoms with E-state index in [4.69, 9.17) is 17.3 Å². The van der Waals surface area contributed by atoms with Gasteiger partial charge < -0.3 is 5.73 Å². The third-order valence-electron chi connectivity index (χ3n) is 2.96. The van der Waals surface area contributed by atoms with E-state index in [1.165, 1.54) is 15.6 Å². The Morgan fingerprint density at radius 2 is 2.11 bits per heavy atom. The summed E-state index contributed by atoms with van der Waals surface area (Å²) in [5, 5.41) is 4.05. The highest BCUT2D eigenvalue weighted by atomic mass is 35.5. The van der Waals surface area contributed by atoms with Gasteiger partial charge in [-0.15, -0.1) is 11.3 Å². The number of anilines is 1. The Balaban J connectivity index is 2.34. The summed E-state index contributed by atoms with van der Waals surface area (Å²) in [7, 11) is 0. The largest absolute Gasteiger partial charge is 0.384 e. The molecule has 0 aliphatic carbocycles. The molecule has 0 aliphatic heterocycles.